The SMILES string of the molecule is C=C1CC(=C)N(c2ccccc2C)C(C(C)N(CC)CCCC)=NC1=C. The van der Waals surface area contributed by atoms with Crippen molar-refractivity contribution in [2.24, 2.45) is 4.99 Å². The number of para-hydroxylation sites is 1. The molecule has 2 rings (SSSR count). The summed E-state index contributed by atoms with van der Waals surface area (Å²) in [6, 6.07) is 8.58. The molecule has 1 aromatic carbocycles. The molecule has 1 aromatic rings. The fourth-order valence-corrected chi connectivity index (χ4v) is 3.40. The highest BCUT2D eigenvalue weighted by Gasteiger charge is 2.29. The van der Waals surface area contributed by atoms with E-state index < -0.39 is 0 Å². The Hall–Kier alpha value is -2.13. The summed E-state index contributed by atoms with van der Waals surface area (Å²) in [5, 5.41) is 0. The molecule has 0 saturated carbocycles. The van der Waals surface area contributed by atoms with Crippen molar-refractivity contribution in [1.82, 2.24) is 4.90 Å². The average molecular weight is 352 g/mol. The highest BCUT2D eigenvalue weighted by molar-refractivity contribution is 6.05. The van der Waals surface area contributed by atoms with Crippen molar-refractivity contribution in [1.29, 1.82) is 0 Å². The van der Waals surface area contributed by atoms with Gasteiger partial charge in [-0.05, 0) is 50.6 Å². The van der Waals surface area contributed by atoms with E-state index in [1.807, 2.05) is 0 Å². The molecule has 0 fully saturated rings. The molecule has 0 radical (unpaired) electrons. The van der Waals surface area contributed by atoms with Crippen LogP contribution in [0.3, 0.4) is 0 Å². The van der Waals surface area contributed by atoms with Gasteiger partial charge >= 0.3 is 0 Å². The van der Waals surface area contributed by atoms with Crippen molar-refractivity contribution in [2.75, 3.05) is 18.0 Å². The molecule has 0 bridgehead atoms. The van der Waals surface area contributed by atoms with E-state index in [0.717, 1.165) is 41.6 Å². The van der Waals surface area contributed by atoms with Crippen molar-refractivity contribution in [3.63, 3.8) is 0 Å². The molecule has 26 heavy (non-hydrogen) atoms. The van der Waals surface area contributed by atoms with Crippen LogP contribution in [-0.2, 0) is 0 Å². The number of aliphatic imine (C=N–C) groups is 1. The molecule has 1 aliphatic heterocycles. The number of amidine groups is 1. The van der Waals surface area contributed by atoms with Crippen LogP contribution in [0.2, 0.25) is 0 Å². The predicted molar refractivity (Wildman–Crippen MR) is 115 cm³/mol. The largest absolute Gasteiger partial charge is 0.301 e. The van der Waals surface area contributed by atoms with Gasteiger partial charge in [0.2, 0.25) is 0 Å². The molecule has 0 saturated heterocycles. The molecule has 1 unspecified atom stereocenters. The average Bonchev–Trinajstić information content (AvgIpc) is 2.72. The number of hydrogen-bond acceptors (Lipinski definition) is 3. The lowest BCUT2D eigenvalue weighted by molar-refractivity contribution is 0.261. The number of hydrogen-bond donors (Lipinski definition) is 0. The molecule has 0 aromatic heterocycles. The molecule has 0 N–H and O–H groups in total. The second-order valence-corrected chi connectivity index (χ2v) is 7.04. The molecule has 1 heterocycles. The minimum atomic E-state index is 0.172. The van der Waals surface area contributed by atoms with Crippen LogP contribution in [0.4, 0.5) is 5.69 Å². The van der Waals surface area contributed by atoms with E-state index in [1.54, 1.807) is 0 Å². The lowest BCUT2D eigenvalue weighted by Crippen LogP contribution is -2.47. The van der Waals surface area contributed by atoms with Gasteiger partial charge in [0.15, 0.2) is 0 Å². The maximum atomic E-state index is 4.93. The number of anilines is 1. The fraction of sp³-hybridized carbons (Fsp3) is 0.435. The first-order valence-corrected chi connectivity index (χ1v) is 9.63. The van der Waals surface area contributed by atoms with Gasteiger partial charge in [0.1, 0.15) is 5.84 Å². The first-order chi connectivity index (χ1) is 12.4. The number of unbranched alkanes of at least 4 members (excludes halogenated alkanes) is 1. The molecule has 140 valence electrons. The van der Waals surface area contributed by atoms with Crippen molar-refractivity contribution in [3.05, 3.63) is 66.5 Å². The Morgan fingerprint density at radius 2 is 1.88 bits per heavy atom. The lowest BCUT2D eigenvalue weighted by Gasteiger charge is -2.36. The molecule has 1 aliphatic rings. The number of aryl methyl sites for hydroxylation is 1. The Morgan fingerprint density at radius 1 is 1.19 bits per heavy atom. The summed E-state index contributed by atoms with van der Waals surface area (Å²) in [5.74, 6) is 0.992. The van der Waals surface area contributed by atoms with Crippen molar-refractivity contribution in [2.45, 2.75) is 53.0 Å². The van der Waals surface area contributed by atoms with Gasteiger partial charge < -0.3 is 4.90 Å². The highest BCUT2D eigenvalue weighted by atomic mass is 15.3. The van der Waals surface area contributed by atoms with E-state index in [1.165, 1.54) is 18.4 Å². The Bertz CT molecular complexity index is 714. The normalized spacial score (nSPS) is 16.7. The highest BCUT2D eigenvalue weighted by Crippen LogP contribution is 2.32. The number of nitrogens with zero attached hydrogens (tertiary/aromatic N) is 3. The maximum absolute atomic E-state index is 4.93. The smallest absolute Gasteiger partial charge is 0.131 e. The number of benzene rings is 1. The minimum Gasteiger partial charge on any atom is -0.301 e. The summed E-state index contributed by atoms with van der Waals surface area (Å²) in [6.07, 6.45) is 3.06. The summed E-state index contributed by atoms with van der Waals surface area (Å²) < 4.78 is 0. The molecule has 3 nitrogen and oxygen atoms in total. The molecule has 3 heteroatoms. The Morgan fingerprint density at radius 3 is 2.50 bits per heavy atom. The van der Waals surface area contributed by atoms with Gasteiger partial charge in [0.05, 0.1) is 11.7 Å². The van der Waals surface area contributed by atoms with Crippen molar-refractivity contribution >= 4 is 11.5 Å². The third-order valence-corrected chi connectivity index (χ3v) is 5.10. The van der Waals surface area contributed by atoms with Crippen LogP contribution >= 0.6 is 0 Å². The molecule has 0 spiro atoms. The van der Waals surface area contributed by atoms with E-state index in [0.29, 0.717) is 6.42 Å². The van der Waals surface area contributed by atoms with Gasteiger partial charge in [0.25, 0.3) is 0 Å². The number of likely N-dealkylation sites (N-methyl/N-ethyl adjacent to an activating group) is 1. The van der Waals surface area contributed by atoms with E-state index in [9.17, 15) is 0 Å². The van der Waals surface area contributed by atoms with Gasteiger partial charge in [-0.3, -0.25) is 4.90 Å². The monoisotopic (exact) mass is 351 g/mol. The van der Waals surface area contributed by atoms with Gasteiger partial charge in [-0.15, -0.1) is 0 Å². The van der Waals surface area contributed by atoms with Gasteiger partial charge in [-0.1, -0.05) is 58.2 Å². The Balaban J connectivity index is 2.52. The van der Waals surface area contributed by atoms with E-state index in [-0.39, 0.29) is 6.04 Å². The van der Waals surface area contributed by atoms with E-state index >= 15 is 0 Å². The quantitative estimate of drug-likeness (QED) is 0.627. The summed E-state index contributed by atoms with van der Waals surface area (Å²) in [6.45, 7) is 23.5. The zero-order valence-corrected chi connectivity index (χ0v) is 16.9. The standard InChI is InChI=1S/C23H33N3/c1-8-10-15-25(9-2)21(7)23-24-20(6)18(4)16-19(5)26(23)22-14-12-11-13-17(22)3/h11-14,21H,4-6,8-10,15-16H2,1-3,7H3. The van der Waals surface area contributed by atoms with Crippen molar-refractivity contribution < 1.29 is 0 Å². The van der Waals surface area contributed by atoms with Gasteiger partial charge in [-0.25, -0.2) is 4.99 Å². The topological polar surface area (TPSA) is 18.8 Å². The zero-order valence-electron chi connectivity index (χ0n) is 16.9. The van der Waals surface area contributed by atoms with E-state index in [4.69, 9.17) is 4.99 Å². The van der Waals surface area contributed by atoms with Crippen LogP contribution in [0.5, 0.6) is 0 Å². The second-order valence-electron chi connectivity index (χ2n) is 7.04. The lowest BCUT2D eigenvalue weighted by atomic mass is 10.1. The first-order valence-electron chi connectivity index (χ1n) is 9.63. The summed E-state index contributed by atoms with van der Waals surface area (Å²) in [5.41, 5.74) is 5.04. The first kappa shape index (κ1) is 20.2. The second kappa shape index (κ2) is 9.00. The summed E-state index contributed by atoms with van der Waals surface area (Å²) in [4.78, 5) is 9.62. The van der Waals surface area contributed by atoms with Crippen molar-refractivity contribution in [3.8, 4) is 0 Å². The number of allylic oxidation sites excluding steroid dienone is 2. The molecular formula is C23H33N3. The van der Waals surface area contributed by atoms with Crippen LogP contribution in [-0.4, -0.2) is 29.9 Å². The summed E-state index contributed by atoms with van der Waals surface area (Å²) >= 11 is 0. The Kier molecular flexibility index (Phi) is 6.98. The fourth-order valence-electron chi connectivity index (χ4n) is 3.40. The minimum absolute atomic E-state index is 0.172. The molecule has 0 amide bonds. The van der Waals surface area contributed by atoms with Crippen LogP contribution in [0.15, 0.2) is 66.0 Å². The third-order valence-electron chi connectivity index (χ3n) is 5.10. The number of rotatable bonds is 7. The summed E-state index contributed by atoms with van der Waals surface area (Å²) in [7, 11) is 0. The van der Waals surface area contributed by atoms with E-state index in [2.05, 4.69) is 81.5 Å². The molecular weight excluding hydrogens is 318 g/mol. The van der Waals surface area contributed by atoms with Crippen LogP contribution in [0, 0.1) is 6.92 Å². The molecule has 0 aliphatic carbocycles. The van der Waals surface area contributed by atoms with Crippen LogP contribution in [0.25, 0.3) is 0 Å². The zero-order chi connectivity index (χ0) is 19.3. The third kappa shape index (κ3) is 4.34. The van der Waals surface area contributed by atoms with Gasteiger partial charge in [0, 0.05) is 17.8 Å². The predicted octanol–water partition coefficient (Wildman–Crippen LogP) is 5.70. The Labute approximate surface area is 159 Å². The van der Waals surface area contributed by atoms with Crippen LogP contribution in [0.1, 0.15) is 45.6 Å². The maximum Gasteiger partial charge on any atom is 0.131 e. The molecule has 1 atom stereocenters. The van der Waals surface area contributed by atoms with Crippen LogP contribution < -0.4 is 4.90 Å². The van der Waals surface area contributed by atoms with Gasteiger partial charge in [-0.2, -0.15) is 0 Å².